The SMILES string of the molecule is CCC1CN(Cc2noc(C)n2)CCN1. The maximum absolute atomic E-state index is 4.96. The highest BCUT2D eigenvalue weighted by Crippen LogP contribution is 2.06. The molecular formula is C10H18N4O. The highest BCUT2D eigenvalue weighted by atomic mass is 16.5. The van der Waals surface area contributed by atoms with Crippen LogP contribution < -0.4 is 5.32 Å². The van der Waals surface area contributed by atoms with Crippen molar-refractivity contribution < 1.29 is 4.52 Å². The molecule has 2 rings (SSSR count). The topological polar surface area (TPSA) is 54.2 Å². The molecular weight excluding hydrogens is 192 g/mol. The Morgan fingerprint density at radius 2 is 2.47 bits per heavy atom. The summed E-state index contributed by atoms with van der Waals surface area (Å²) in [6, 6.07) is 0.603. The number of nitrogens with zero attached hydrogens (tertiary/aromatic N) is 3. The molecule has 1 saturated heterocycles. The molecule has 0 radical (unpaired) electrons. The van der Waals surface area contributed by atoms with Crippen molar-refractivity contribution in [2.75, 3.05) is 19.6 Å². The quantitative estimate of drug-likeness (QED) is 0.790. The fraction of sp³-hybridized carbons (Fsp3) is 0.800. The van der Waals surface area contributed by atoms with Gasteiger partial charge in [0.15, 0.2) is 5.82 Å². The third kappa shape index (κ3) is 2.76. The van der Waals surface area contributed by atoms with Gasteiger partial charge in [0.05, 0.1) is 6.54 Å². The van der Waals surface area contributed by atoms with Crippen LogP contribution >= 0.6 is 0 Å². The first-order valence-electron chi connectivity index (χ1n) is 5.53. The Balaban J connectivity index is 1.88. The van der Waals surface area contributed by atoms with Gasteiger partial charge in [0, 0.05) is 32.6 Å². The molecule has 84 valence electrons. The lowest BCUT2D eigenvalue weighted by molar-refractivity contribution is 0.184. The average molecular weight is 210 g/mol. The fourth-order valence-electron chi connectivity index (χ4n) is 1.92. The zero-order chi connectivity index (χ0) is 10.7. The second-order valence-electron chi connectivity index (χ2n) is 4.02. The summed E-state index contributed by atoms with van der Waals surface area (Å²) in [7, 11) is 0. The van der Waals surface area contributed by atoms with Crippen LogP contribution in [0.3, 0.4) is 0 Å². The number of hydrogen-bond donors (Lipinski definition) is 1. The van der Waals surface area contributed by atoms with Crippen LogP contribution in [0.2, 0.25) is 0 Å². The summed E-state index contributed by atoms with van der Waals surface area (Å²) in [5, 5.41) is 7.40. The fourth-order valence-corrected chi connectivity index (χ4v) is 1.92. The van der Waals surface area contributed by atoms with Crippen LogP contribution in [0.25, 0.3) is 0 Å². The number of hydrogen-bond acceptors (Lipinski definition) is 5. The molecule has 1 fully saturated rings. The number of piperazine rings is 1. The first kappa shape index (κ1) is 10.6. The molecule has 1 aliphatic heterocycles. The van der Waals surface area contributed by atoms with Crippen molar-refractivity contribution in [3.05, 3.63) is 11.7 Å². The van der Waals surface area contributed by atoms with Crippen molar-refractivity contribution in [2.24, 2.45) is 0 Å². The van der Waals surface area contributed by atoms with Gasteiger partial charge in [-0.15, -0.1) is 0 Å². The normalized spacial score (nSPS) is 23.2. The van der Waals surface area contributed by atoms with Gasteiger partial charge < -0.3 is 9.84 Å². The van der Waals surface area contributed by atoms with Crippen molar-refractivity contribution in [1.29, 1.82) is 0 Å². The Kier molecular flexibility index (Phi) is 3.33. The van der Waals surface area contributed by atoms with Crippen LogP contribution in [-0.2, 0) is 6.54 Å². The van der Waals surface area contributed by atoms with E-state index in [9.17, 15) is 0 Å². The van der Waals surface area contributed by atoms with Crippen molar-refractivity contribution >= 4 is 0 Å². The Bertz CT molecular complexity index is 312. The van der Waals surface area contributed by atoms with E-state index in [1.807, 2.05) is 6.92 Å². The van der Waals surface area contributed by atoms with Crippen LogP contribution in [0.4, 0.5) is 0 Å². The second kappa shape index (κ2) is 4.72. The van der Waals surface area contributed by atoms with E-state index in [4.69, 9.17) is 4.52 Å². The van der Waals surface area contributed by atoms with Crippen molar-refractivity contribution in [1.82, 2.24) is 20.4 Å². The third-order valence-electron chi connectivity index (χ3n) is 2.77. The van der Waals surface area contributed by atoms with Gasteiger partial charge in [0.2, 0.25) is 5.89 Å². The summed E-state index contributed by atoms with van der Waals surface area (Å²) in [5.74, 6) is 1.44. The van der Waals surface area contributed by atoms with Crippen LogP contribution in [0, 0.1) is 6.92 Å². The van der Waals surface area contributed by atoms with Gasteiger partial charge in [-0.3, -0.25) is 4.90 Å². The zero-order valence-electron chi connectivity index (χ0n) is 9.36. The summed E-state index contributed by atoms with van der Waals surface area (Å²) in [5.41, 5.74) is 0. The monoisotopic (exact) mass is 210 g/mol. The van der Waals surface area contributed by atoms with Crippen molar-refractivity contribution in [3.63, 3.8) is 0 Å². The lowest BCUT2D eigenvalue weighted by Gasteiger charge is -2.32. The van der Waals surface area contributed by atoms with Gasteiger partial charge in [0.1, 0.15) is 0 Å². The van der Waals surface area contributed by atoms with Gasteiger partial charge in [-0.1, -0.05) is 12.1 Å². The Labute approximate surface area is 89.8 Å². The Morgan fingerprint density at radius 3 is 3.13 bits per heavy atom. The smallest absolute Gasteiger partial charge is 0.223 e. The maximum atomic E-state index is 4.96. The summed E-state index contributed by atoms with van der Waals surface area (Å²) < 4.78 is 4.96. The van der Waals surface area contributed by atoms with Crippen LogP contribution in [0.5, 0.6) is 0 Å². The molecule has 0 saturated carbocycles. The van der Waals surface area contributed by atoms with Crippen molar-refractivity contribution in [2.45, 2.75) is 32.9 Å². The maximum Gasteiger partial charge on any atom is 0.223 e. The number of aryl methyl sites for hydroxylation is 1. The first-order chi connectivity index (χ1) is 7.28. The number of aromatic nitrogens is 2. The molecule has 0 spiro atoms. The van der Waals surface area contributed by atoms with E-state index in [1.165, 1.54) is 6.42 Å². The lowest BCUT2D eigenvalue weighted by atomic mass is 10.1. The minimum Gasteiger partial charge on any atom is -0.340 e. The molecule has 1 aromatic heterocycles. The van der Waals surface area contributed by atoms with Gasteiger partial charge >= 0.3 is 0 Å². The minimum atomic E-state index is 0.603. The predicted octanol–water partition coefficient (Wildman–Crippen LogP) is 0.562. The van der Waals surface area contributed by atoms with Gasteiger partial charge in [-0.2, -0.15) is 4.98 Å². The molecule has 15 heavy (non-hydrogen) atoms. The van der Waals surface area contributed by atoms with Gasteiger partial charge in [-0.25, -0.2) is 0 Å². The summed E-state index contributed by atoms with van der Waals surface area (Å²) in [6.45, 7) is 8.02. The number of rotatable bonds is 3. The van der Waals surface area contributed by atoms with Gasteiger partial charge in [0.25, 0.3) is 0 Å². The van der Waals surface area contributed by atoms with E-state index in [2.05, 4.69) is 27.3 Å². The molecule has 1 N–H and O–H groups in total. The molecule has 0 aromatic carbocycles. The molecule has 2 heterocycles. The summed E-state index contributed by atoms with van der Waals surface area (Å²) in [6.07, 6.45) is 1.17. The van der Waals surface area contributed by atoms with E-state index >= 15 is 0 Å². The predicted molar refractivity (Wildman–Crippen MR) is 56.4 cm³/mol. The summed E-state index contributed by atoms with van der Waals surface area (Å²) in [4.78, 5) is 6.59. The summed E-state index contributed by atoms with van der Waals surface area (Å²) >= 11 is 0. The van der Waals surface area contributed by atoms with E-state index in [0.717, 1.165) is 32.0 Å². The molecule has 0 aliphatic carbocycles. The van der Waals surface area contributed by atoms with E-state index in [-0.39, 0.29) is 0 Å². The lowest BCUT2D eigenvalue weighted by Crippen LogP contribution is -2.49. The van der Waals surface area contributed by atoms with Gasteiger partial charge in [-0.05, 0) is 6.42 Å². The molecule has 1 aromatic rings. The van der Waals surface area contributed by atoms with Crippen LogP contribution in [-0.4, -0.2) is 40.7 Å². The van der Waals surface area contributed by atoms with E-state index in [1.54, 1.807) is 0 Å². The average Bonchev–Trinajstić information content (AvgIpc) is 2.64. The Morgan fingerprint density at radius 1 is 1.60 bits per heavy atom. The molecule has 1 unspecified atom stereocenters. The molecule has 0 bridgehead atoms. The van der Waals surface area contributed by atoms with E-state index in [0.29, 0.717) is 11.9 Å². The Hall–Kier alpha value is -0.940. The minimum absolute atomic E-state index is 0.603. The molecule has 1 atom stereocenters. The third-order valence-corrected chi connectivity index (χ3v) is 2.77. The molecule has 5 nitrogen and oxygen atoms in total. The first-order valence-corrected chi connectivity index (χ1v) is 5.53. The largest absolute Gasteiger partial charge is 0.340 e. The standard InChI is InChI=1S/C10H18N4O/c1-3-9-6-14(5-4-11-9)7-10-12-8(2)15-13-10/h9,11H,3-7H2,1-2H3. The van der Waals surface area contributed by atoms with Crippen LogP contribution in [0.15, 0.2) is 4.52 Å². The second-order valence-corrected chi connectivity index (χ2v) is 4.02. The highest BCUT2D eigenvalue weighted by Gasteiger charge is 2.19. The van der Waals surface area contributed by atoms with Crippen molar-refractivity contribution in [3.8, 4) is 0 Å². The molecule has 5 heteroatoms. The highest BCUT2D eigenvalue weighted by molar-refractivity contribution is 4.86. The van der Waals surface area contributed by atoms with E-state index < -0.39 is 0 Å². The molecule has 0 amide bonds. The number of nitrogens with one attached hydrogen (secondary N) is 1. The zero-order valence-corrected chi connectivity index (χ0v) is 9.36. The molecule has 1 aliphatic rings. The van der Waals surface area contributed by atoms with Crippen LogP contribution in [0.1, 0.15) is 25.1 Å².